The molecule has 9 heteroatoms. The second-order valence-electron chi connectivity index (χ2n) is 6.44. The number of halogens is 2. The Labute approximate surface area is 155 Å². The van der Waals surface area contributed by atoms with Crippen LogP contribution in [0.2, 0.25) is 5.02 Å². The molecule has 3 rings (SSSR count). The predicted molar refractivity (Wildman–Crippen MR) is 89.9 cm³/mol. The van der Waals surface area contributed by atoms with Crippen molar-refractivity contribution in [2.24, 2.45) is 0 Å². The lowest BCUT2D eigenvalue weighted by Crippen LogP contribution is -2.47. The Balaban J connectivity index is 1.52. The number of hydrogen-bond donors (Lipinski definition) is 2. The van der Waals surface area contributed by atoms with Crippen molar-refractivity contribution in [1.29, 1.82) is 0 Å². The zero-order valence-corrected chi connectivity index (χ0v) is 14.8. The Kier molecular flexibility index (Phi) is 5.64. The highest BCUT2D eigenvalue weighted by atomic mass is 35.5. The summed E-state index contributed by atoms with van der Waals surface area (Å²) in [6, 6.07) is 3.85. The van der Waals surface area contributed by atoms with Crippen molar-refractivity contribution in [3.63, 3.8) is 0 Å². The monoisotopic (exact) mass is 386 g/mol. The molecule has 0 aromatic heterocycles. The Bertz CT molecular complexity index is 677. The largest absolute Gasteiger partial charge is 0.410 e. The van der Waals surface area contributed by atoms with Gasteiger partial charge in [-0.3, -0.25) is 4.79 Å². The van der Waals surface area contributed by atoms with E-state index in [0.717, 1.165) is 18.9 Å². The normalized spacial score (nSPS) is 25.6. The highest BCUT2D eigenvalue weighted by Crippen LogP contribution is 2.26. The fourth-order valence-corrected chi connectivity index (χ4v) is 3.37. The van der Waals surface area contributed by atoms with Crippen molar-refractivity contribution in [2.75, 3.05) is 19.7 Å². The van der Waals surface area contributed by atoms with E-state index in [2.05, 4.69) is 5.32 Å². The molecular formula is C17H20ClFN2O5. The van der Waals surface area contributed by atoms with Crippen LogP contribution in [0.25, 0.3) is 0 Å². The Morgan fingerprint density at radius 2 is 2.31 bits per heavy atom. The molecule has 2 N–H and O–H groups in total. The van der Waals surface area contributed by atoms with Crippen LogP contribution in [0, 0.1) is 5.82 Å². The molecule has 2 heterocycles. The third-order valence-electron chi connectivity index (χ3n) is 4.41. The molecule has 0 aliphatic carbocycles. The molecule has 0 bridgehead atoms. The fourth-order valence-electron chi connectivity index (χ4n) is 3.12. The van der Waals surface area contributed by atoms with Crippen LogP contribution in [0.4, 0.5) is 9.18 Å². The molecule has 26 heavy (non-hydrogen) atoms. The summed E-state index contributed by atoms with van der Waals surface area (Å²) in [6.07, 6.45) is 0.769. The first-order valence-corrected chi connectivity index (χ1v) is 8.79. The summed E-state index contributed by atoms with van der Waals surface area (Å²) < 4.78 is 23.7. The molecule has 0 radical (unpaired) electrons. The van der Waals surface area contributed by atoms with Gasteiger partial charge in [0.05, 0.1) is 6.10 Å². The van der Waals surface area contributed by atoms with Crippen LogP contribution in [0.1, 0.15) is 24.8 Å². The number of nitrogens with zero attached hydrogens (tertiary/aromatic N) is 1. The van der Waals surface area contributed by atoms with E-state index in [1.165, 1.54) is 17.0 Å². The van der Waals surface area contributed by atoms with Crippen LogP contribution in [-0.2, 0) is 20.8 Å². The van der Waals surface area contributed by atoms with Crippen LogP contribution in [-0.4, -0.2) is 53.6 Å². The van der Waals surface area contributed by atoms with E-state index >= 15 is 0 Å². The van der Waals surface area contributed by atoms with Crippen LogP contribution < -0.4 is 5.32 Å². The summed E-state index contributed by atoms with van der Waals surface area (Å²) in [5.74, 6) is -3.38. The number of rotatable bonds is 5. The Morgan fingerprint density at radius 3 is 3.00 bits per heavy atom. The minimum Gasteiger partial charge on any atom is -0.407 e. The van der Waals surface area contributed by atoms with Gasteiger partial charge in [0.15, 0.2) is 0 Å². The summed E-state index contributed by atoms with van der Waals surface area (Å²) in [7, 11) is 0. The average Bonchev–Trinajstić information content (AvgIpc) is 3.17. The molecule has 2 fully saturated rings. The van der Waals surface area contributed by atoms with Gasteiger partial charge in [-0.05, 0) is 36.6 Å². The number of carbonyl (C=O) groups is 2. The molecule has 1 unspecified atom stereocenters. The van der Waals surface area contributed by atoms with E-state index in [1.807, 2.05) is 0 Å². The molecule has 142 valence electrons. The summed E-state index contributed by atoms with van der Waals surface area (Å²) in [6.45, 7) is 1.26. The van der Waals surface area contributed by atoms with Crippen molar-refractivity contribution in [1.82, 2.24) is 10.2 Å². The van der Waals surface area contributed by atoms with E-state index in [1.54, 1.807) is 0 Å². The number of aliphatic hydroxyl groups is 1. The minimum atomic E-state index is -2.19. The topological polar surface area (TPSA) is 88.1 Å². The molecule has 0 spiro atoms. The van der Waals surface area contributed by atoms with Gasteiger partial charge in [0.2, 0.25) is 0 Å². The molecular weight excluding hydrogens is 367 g/mol. The first-order valence-electron chi connectivity index (χ1n) is 8.41. The highest BCUT2D eigenvalue weighted by Gasteiger charge is 2.49. The average molecular weight is 387 g/mol. The zero-order valence-electron chi connectivity index (χ0n) is 14.0. The van der Waals surface area contributed by atoms with Crippen molar-refractivity contribution in [3.05, 3.63) is 34.6 Å². The molecule has 7 nitrogen and oxygen atoms in total. The predicted octanol–water partition coefficient (Wildman–Crippen LogP) is 1.81. The maximum Gasteiger partial charge on any atom is 0.410 e. The lowest BCUT2D eigenvalue weighted by molar-refractivity contribution is -0.182. The SMILES string of the molecule is O=C(NCc1cc(F)cc(Cl)c1)OC1(O)CCN(C[C@@H]2CCCO2)C1=O. The van der Waals surface area contributed by atoms with E-state index in [9.17, 15) is 19.1 Å². The maximum absolute atomic E-state index is 13.3. The lowest BCUT2D eigenvalue weighted by Gasteiger charge is -2.24. The molecule has 2 aliphatic heterocycles. The van der Waals surface area contributed by atoms with Gasteiger partial charge in [-0.1, -0.05) is 11.6 Å². The van der Waals surface area contributed by atoms with Crippen molar-refractivity contribution >= 4 is 23.6 Å². The minimum absolute atomic E-state index is 0.0161. The van der Waals surface area contributed by atoms with Gasteiger partial charge < -0.3 is 24.8 Å². The third kappa shape index (κ3) is 4.44. The number of nitrogens with one attached hydrogen (secondary N) is 1. The van der Waals surface area contributed by atoms with Crippen LogP contribution >= 0.6 is 11.6 Å². The first-order chi connectivity index (χ1) is 12.4. The number of alkyl carbamates (subject to hydrolysis) is 1. The van der Waals surface area contributed by atoms with Gasteiger partial charge in [0.25, 0.3) is 11.7 Å². The van der Waals surface area contributed by atoms with Gasteiger partial charge in [0.1, 0.15) is 5.82 Å². The zero-order chi connectivity index (χ0) is 18.7. The number of benzene rings is 1. The Hall–Kier alpha value is -1.90. The second-order valence-corrected chi connectivity index (χ2v) is 6.88. The lowest BCUT2D eigenvalue weighted by atomic mass is 10.2. The van der Waals surface area contributed by atoms with Crippen LogP contribution in [0.5, 0.6) is 0 Å². The van der Waals surface area contributed by atoms with Gasteiger partial charge in [-0.2, -0.15) is 0 Å². The molecule has 2 aliphatic rings. The van der Waals surface area contributed by atoms with Crippen molar-refractivity contribution in [2.45, 2.75) is 37.7 Å². The summed E-state index contributed by atoms with van der Waals surface area (Å²) in [4.78, 5) is 25.7. The molecule has 1 aromatic carbocycles. The standard InChI is InChI=1S/C17H20ClFN2O5/c18-12-6-11(7-13(19)8-12)9-20-16(23)26-17(24)3-4-21(15(17)22)10-14-2-1-5-25-14/h6-8,14,24H,1-5,9-10H2,(H,20,23)/t14-,17?/m0/s1. The van der Waals surface area contributed by atoms with Gasteiger partial charge in [-0.25, -0.2) is 9.18 Å². The number of likely N-dealkylation sites (tertiary alicyclic amines) is 1. The third-order valence-corrected chi connectivity index (χ3v) is 4.63. The summed E-state index contributed by atoms with van der Waals surface area (Å²) in [5.41, 5.74) is 0.427. The van der Waals surface area contributed by atoms with Gasteiger partial charge >= 0.3 is 6.09 Å². The molecule has 2 amide bonds. The first kappa shape index (κ1) is 18.9. The van der Waals surface area contributed by atoms with E-state index < -0.39 is 23.6 Å². The van der Waals surface area contributed by atoms with Crippen LogP contribution in [0.15, 0.2) is 18.2 Å². The second kappa shape index (κ2) is 7.77. The maximum atomic E-state index is 13.3. The molecule has 0 saturated carbocycles. The summed E-state index contributed by atoms with van der Waals surface area (Å²) >= 11 is 5.75. The molecule has 1 aromatic rings. The van der Waals surface area contributed by atoms with E-state index in [4.69, 9.17) is 21.1 Å². The highest BCUT2D eigenvalue weighted by molar-refractivity contribution is 6.30. The molecule has 2 saturated heterocycles. The van der Waals surface area contributed by atoms with Crippen molar-refractivity contribution in [3.8, 4) is 0 Å². The number of amides is 2. The summed E-state index contributed by atoms with van der Waals surface area (Å²) in [5, 5.41) is 12.9. The number of carbonyl (C=O) groups excluding carboxylic acids is 2. The van der Waals surface area contributed by atoms with Gasteiger partial charge in [0, 0.05) is 37.7 Å². The van der Waals surface area contributed by atoms with E-state index in [-0.39, 0.29) is 30.6 Å². The van der Waals surface area contributed by atoms with E-state index in [0.29, 0.717) is 18.7 Å². The smallest absolute Gasteiger partial charge is 0.407 e. The fraction of sp³-hybridized carbons (Fsp3) is 0.529. The van der Waals surface area contributed by atoms with Crippen LogP contribution in [0.3, 0.4) is 0 Å². The number of ether oxygens (including phenoxy) is 2. The number of hydrogen-bond acceptors (Lipinski definition) is 5. The van der Waals surface area contributed by atoms with Gasteiger partial charge in [-0.15, -0.1) is 0 Å². The Morgan fingerprint density at radius 1 is 1.50 bits per heavy atom. The quantitative estimate of drug-likeness (QED) is 0.753. The molecule has 2 atom stereocenters. The van der Waals surface area contributed by atoms with Crippen molar-refractivity contribution < 1.29 is 28.6 Å².